The van der Waals surface area contributed by atoms with E-state index in [4.69, 9.17) is 10.7 Å². The molecule has 1 aromatic rings. The molecule has 6 heteroatoms. The SMILES string of the molecule is O=S(=O)(Cl)c1cccc2c1C=CNN2. The van der Waals surface area contributed by atoms with Gasteiger partial charge >= 0.3 is 0 Å². The summed E-state index contributed by atoms with van der Waals surface area (Å²) < 4.78 is 22.4. The molecular weight excluding hydrogens is 224 g/mol. The molecule has 1 aliphatic heterocycles. The summed E-state index contributed by atoms with van der Waals surface area (Å²) in [4.78, 5) is 0.113. The Morgan fingerprint density at radius 3 is 2.79 bits per heavy atom. The van der Waals surface area contributed by atoms with E-state index in [-0.39, 0.29) is 4.90 Å². The third-order valence-electron chi connectivity index (χ3n) is 1.87. The molecule has 0 spiro atoms. The fourth-order valence-electron chi connectivity index (χ4n) is 1.28. The molecule has 0 atom stereocenters. The predicted molar refractivity (Wildman–Crippen MR) is 55.3 cm³/mol. The third-order valence-corrected chi connectivity index (χ3v) is 3.25. The largest absolute Gasteiger partial charge is 0.308 e. The van der Waals surface area contributed by atoms with Crippen molar-refractivity contribution in [3.63, 3.8) is 0 Å². The van der Waals surface area contributed by atoms with Crippen LogP contribution in [0.4, 0.5) is 5.69 Å². The van der Waals surface area contributed by atoms with Crippen molar-refractivity contribution in [2.24, 2.45) is 0 Å². The number of anilines is 1. The molecule has 74 valence electrons. The summed E-state index contributed by atoms with van der Waals surface area (Å²) in [6.45, 7) is 0. The van der Waals surface area contributed by atoms with Crippen molar-refractivity contribution in [3.05, 3.63) is 30.0 Å². The summed E-state index contributed by atoms with van der Waals surface area (Å²) in [7, 11) is 1.59. The van der Waals surface area contributed by atoms with E-state index in [0.29, 0.717) is 11.3 Å². The van der Waals surface area contributed by atoms with Gasteiger partial charge in [-0.2, -0.15) is 0 Å². The highest BCUT2D eigenvalue weighted by molar-refractivity contribution is 8.13. The molecule has 1 aromatic carbocycles. The summed E-state index contributed by atoms with van der Waals surface area (Å²) in [5, 5.41) is 0. The van der Waals surface area contributed by atoms with E-state index in [1.54, 1.807) is 24.4 Å². The van der Waals surface area contributed by atoms with Crippen LogP contribution in [0.25, 0.3) is 6.08 Å². The highest BCUT2D eigenvalue weighted by Gasteiger charge is 2.17. The zero-order chi connectivity index (χ0) is 10.2. The molecule has 0 bridgehead atoms. The Morgan fingerprint density at radius 2 is 2.07 bits per heavy atom. The molecule has 0 radical (unpaired) electrons. The van der Waals surface area contributed by atoms with Gasteiger partial charge in [0.25, 0.3) is 9.05 Å². The molecular formula is C8H7ClN2O2S. The first-order chi connectivity index (χ1) is 6.59. The van der Waals surface area contributed by atoms with Crippen LogP contribution in [-0.2, 0) is 9.05 Å². The molecule has 0 aromatic heterocycles. The van der Waals surface area contributed by atoms with Crippen molar-refractivity contribution in [2.45, 2.75) is 4.90 Å². The lowest BCUT2D eigenvalue weighted by Crippen LogP contribution is -2.18. The molecule has 0 aliphatic carbocycles. The number of hydrazine groups is 1. The number of rotatable bonds is 1. The maximum atomic E-state index is 11.2. The summed E-state index contributed by atoms with van der Waals surface area (Å²) in [6.07, 6.45) is 3.26. The molecule has 2 rings (SSSR count). The molecule has 0 unspecified atom stereocenters. The summed E-state index contributed by atoms with van der Waals surface area (Å²) >= 11 is 0. The summed E-state index contributed by atoms with van der Waals surface area (Å²) in [5.41, 5.74) is 6.83. The lowest BCUT2D eigenvalue weighted by molar-refractivity contribution is 0.609. The molecule has 0 fully saturated rings. The Hall–Kier alpha value is -1.20. The maximum absolute atomic E-state index is 11.2. The van der Waals surface area contributed by atoms with Crippen molar-refractivity contribution in [1.82, 2.24) is 5.43 Å². The first-order valence-corrected chi connectivity index (χ1v) is 6.16. The molecule has 0 saturated carbocycles. The Kier molecular flexibility index (Phi) is 2.13. The number of halogens is 1. The van der Waals surface area contributed by atoms with Gasteiger partial charge in [-0.1, -0.05) is 6.07 Å². The minimum absolute atomic E-state index is 0.113. The topological polar surface area (TPSA) is 58.2 Å². The van der Waals surface area contributed by atoms with E-state index in [1.165, 1.54) is 6.07 Å². The number of hydrogen-bond donors (Lipinski definition) is 2. The van der Waals surface area contributed by atoms with Gasteiger partial charge in [0, 0.05) is 22.4 Å². The lowest BCUT2D eigenvalue weighted by atomic mass is 10.1. The van der Waals surface area contributed by atoms with Crippen LogP contribution in [-0.4, -0.2) is 8.42 Å². The molecule has 1 heterocycles. The highest BCUT2D eigenvalue weighted by atomic mass is 35.7. The number of benzene rings is 1. The average molecular weight is 231 g/mol. The maximum Gasteiger partial charge on any atom is 0.261 e. The van der Waals surface area contributed by atoms with Gasteiger partial charge in [0.05, 0.1) is 10.6 Å². The second-order valence-corrected chi connectivity index (χ2v) is 5.29. The van der Waals surface area contributed by atoms with Gasteiger partial charge in [0.2, 0.25) is 0 Å². The Bertz CT molecular complexity index is 496. The van der Waals surface area contributed by atoms with Gasteiger partial charge < -0.3 is 10.9 Å². The summed E-state index contributed by atoms with van der Waals surface area (Å²) in [5.74, 6) is 0. The zero-order valence-electron chi connectivity index (χ0n) is 6.99. The van der Waals surface area contributed by atoms with E-state index in [0.717, 1.165) is 0 Å². The zero-order valence-corrected chi connectivity index (χ0v) is 8.56. The van der Waals surface area contributed by atoms with Crippen LogP contribution in [0.2, 0.25) is 0 Å². The highest BCUT2D eigenvalue weighted by Crippen LogP contribution is 2.28. The van der Waals surface area contributed by atoms with E-state index in [1.807, 2.05) is 0 Å². The second kappa shape index (κ2) is 3.18. The molecule has 0 amide bonds. The molecule has 1 aliphatic rings. The van der Waals surface area contributed by atoms with Crippen LogP contribution in [0.1, 0.15) is 5.56 Å². The Balaban J connectivity index is 2.71. The Labute approximate surface area is 86.0 Å². The van der Waals surface area contributed by atoms with Crippen molar-refractivity contribution < 1.29 is 8.42 Å². The quantitative estimate of drug-likeness (QED) is 0.719. The molecule has 14 heavy (non-hydrogen) atoms. The van der Waals surface area contributed by atoms with Crippen molar-refractivity contribution in [3.8, 4) is 0 Å². The number of fused-ring (bicyclic) bond motifs is 1. The third kappa shape index (κ3) is 1.56. The number of hydrogen-bond acceptors (Lipinski definition) is 4. The van der Waals surface area contributed by atoms with E-state index in [2.05, 4.69) is 10.9 Å². The molecule has 2 N–H and O–H groups in total. The first kappa shape index (κ1) is 9.36. The molecule has 4 nitrogen and oxygen atoms in total. The Morgan fingerprint density at radius 1 is 1.29 bits per heavy atom. The standard InChI is InChI=1S/C8H7ClN2O2S/c9-14(12,13)8-3-1-2-7-6(8)4-5-10-11-7/h1-5,10-11H. The fourth-order valence-corrected chi connectivity index (χ4v) is 2.37. The van der Waals surface area contributed by atoms with Crippen LogP contribution >= 0.6 is 10.7 Å². The van der Waals surface area contributed by atoms with Crippen molar-refractivity contribution in [2.75, 3.05) is 5.43 Å². The van der Waals surface area contributed by atoms with Gasteiger partial charge in [0.15, 0.2) is 0 Å². The summed E-state index contributed by atoms with van der Waals surface area (Å²) in [6, 6.07) is 4.86. The van der Waals surface area contributed by atoms with Crippen molar-refractivity contribution >= 4 is 31.5 Å². The molecule has 0 saturated heterocycles. The van der Waals surface area contributed by atoms with E-state index < -0.39 is 9.05 Å². The minimum atomic E-state index is -3.69. The normalized spacial score (nSPS) is 14.1. The van der Waals surface area contributed by atoms with E-state index in [9.17, 15) is 8.42 Å². The van der Waals surface area contributed by atoms with Crippen molar-refractivity contribution in [1.29, 1.82) is 0 Å². The smallest absolute Gasteiger partial charge is 0.261 e. The van der Waals surface area contributed by atoms with Crippen LogP contribution in [0.5, 0.6) is 0 Å². The first-order valence-electron chi connectivity index (χ1n) is 3.85. The van der Waals surface area contributed by atoms with Crippen LogP contribution in [0, 0.1) is 0 Å². The van der Waals surface area contributed by atoms with Gasteiger partial charge in [-0.25, -0.2) is 8.42 Å². The van der Waals surface area contributed by atoms with Crippen LogP contribution < -0.4 is 10.9 Å². The van der Waals surface area contributed by atoms with Gasteiger partial charge in [-0.05, 0) is 18.2 Å². The minimum Gasteiger partial charge on any atom is -0.308 e. The monoisotopic (exact) mass is 230 g/mol. The fraction of sp³-hybridized carbons (Fsp3) is 0. The average Bonchev–Trinajstić information content (AvgIpc) is 2.15. The second-order valence-electron chi connectivity index (χ2n) is 2.76. The number of nitrogens with one attached hydrogen (secondary N) is 2. The van der Waals surface area contributed by atoms with Crippen LogP contribution in [0.3, 0.4) is 0 Å². The lowest BCUT2D eigenvalue weighted by Gasteiger charge is -2.15. The predicted octanol–water partition coefficient (Wildman–Crippen LogP) is 1.51. The van der Waals surface area contributed by atoms with Crippen LogP contribution in [0.15, 0.2) is 29.3 Å². The van der Waals surface area contributed by atoms with E-state index >= 15 is 0 Å². The van der Waals surface area contributed by atoms with Gasteiger partial charge in [-0.3, -0.25) is 0 Å². The van der Waals surface area contributed by atoms with Gasteiger partial charge in [-0.15, -0.1) is 0 Å². The van der Waals surface area contributed by atoms with Gasteiger partial charge in [0.1, 0.15) is 0 Å².